The summed E-state index contributed by atoms with van der Waals surface area (Å²) in [7, 11) is 0. The van der Waals surface area contributed by atoms with E-state index in [1.807, 2.05) is 0 Å². The highest BCUT2D eigenvalue weighted by Gasteiger charge is 2.30. The van der Waals surface area contributed by atoms with Crippen LogP contribution in [0.5, 0.6) is 5.75 Å². The normalized spacial score (nSPS) is 20.8. The van der Waals surface area contributed by atoms with Crippen LogP contribution in [0.4, 0.5) is 0 Å². The third-order valence-corrected chi connectivity index (χ3v) is 3.02. The Morgan fingerprint density at radius 2 is 2.38 bits per heavy atom. The van der Waals surface area contributed by atoms with Crippen LogP contribution in [0.3, 0.4) is 0 Å². The van der Waals surface area contributed by atoms with Crippen LogP contribution in [-0.4, -0.2) is 23.7 Å². The highest BCUT2D eigenvalue weighted by molar-refractivity contribution is 6.30. The molecule has 0 radical (unpaired) electrons. The number of hydrogen-bond acceptors (Lipinski definition) is 3. The number of benzene rings is 1. The van der Waals surface area contributed by atoms with Gasteiger partial charge in [-0.05, 0) is 24.1 Å². The predicted molar refractivity (Wildman–Crippen MR) is 59.9 cm³/mol. The number of hydrogen-bond donors (Lipinski definition) is 2. The Balaban J connectivity index is 2.36. The Morgan fingerprint density at radius 1 is 1.62 bits per heavy atom. The Hall–Kier alpha value is -1.26. The molecule has 1 aromatic rings. The summed E-state index contributed by atoms with van der Waals surface area (Å²) < 4.78 is 5.43. The van der Waals surface area contributed by atoms with Crippen LogP contribution >= 0.6 is 11.6 Å². The minimum absolute atomic E-state index is 0.210. The molecule has 86 valence electrons. The maximum absolute atomic E-state index is 10.9. The summed E-state index contributed by atoms with van der Waals surface area (Å²) in [6.45, 7) is 0.471. The molecule has 0 fully saturated rings. The average molecular weight is 242 g/mol. The van der Waals surface area contributed by atoms with Crippen LogP contribution in [0.15, 0.2) is 18.2 Å². The zero-order chi connectivity index (χ0) is 11.7. The minimum Gasteiger partial charge on any atom is -0.493 e. The van der Waals surface area contributed by atoms with Crippen molar-refractivity contribution < 1.29 is 14.6 Å². The first-order valence-electron chi connectivity index (χ1n) is 5.00. The Labute approximate surface area is 98.0 Å². The van der Waals surface area contributed by atoms with E-state index in [9.17, 15) is 4.79 Å². The van der Waals surface area contributed by atoms with E-state index in [0.29, 0.717) is 23.8 Å². The molecular weight excluding hydrogens is 230 g/mol. The molecule has 2 unspecified atom stereocenters. The van der Waals surface area contributed by atoms with Crippen molar-refractivity contribution in [2.45, 2.75) is 18.4 Å². The fourth-order valence-corrected chi connectivity index (χ4v) is 2.10. The highest BCUT2D eigenvalue weighted by atomic mass is 35.5. The molecular formula is C11H12ClNO3. The van der Waals surface area contributed by atoms with Gasteiger partial charge in [0, 0.05) is 10.9 Å². The largest absolute Gasteiger partial charge is 0.493 e. The molecule has 0 aromatic heterocycles. The third-order valence-electron chi connectivity index (χ3n) is 2.78. The molecule has 0 saturated carbocycles. The van der Waals surface area contributed by atoms with E-state index in [2.05, 4.69) is 0 Å². The van der Waals surface area contributed by atoms with Crippen molar-refractivity contribution in [2.24, 2.45) is 5.73 Å². The first-order valence-corrected chi connectivity index (χ1v) is 5.38. The number of carboxylic acids is 1. The maximum atomic E-state index is 10.9. The molecule has 1 aliphatic heterocycles. The SMILES string of the molecule is NC(C(=O)O)C1CCOc2cc(Cl)ccc21. The van der Waals surface area contributed by atoms with Crippen LogP contribution in [0, 0.1) is 0 Å². The predicted octanol–water partition coefficient (Wildman–Crippen LogP) is 1.62. The molecule has 2 atom stereocenters. The first-order chi connectivity index (χ1) is 7.59. The molecule has 0 spiro atoms. The molecule has 0 amide bonds. The van der Waals surface area contributed by atoms with E-state index in [4.69, 9.17) is 27.2 Å². The second-order valence-corrected chi connectivity index (χ2v) is 4.23. The molecule has 5 heteroatoms. The van der Waals surface area contributed by atoms with Crippen molar-refractivity contribution in [2.75, 3.05) is 6.61 Å². The first kappa shape index (κ1) is 11.2. The summed E-state index contributed by atoms with van der Waals surface area (Å²) in [5.74, 6) is -0.563. The second-order valence-electron chi connectivity index (χ2n) is 3.79. The van der Waals surface area contributed by atoms with Gasteiger partial charge in [0.1, 0.15) is 11.8 Å². The molecule has 1 aromatic carbocycles. The standard InChI is InChI=1S/C11H12ClNO3/c12-6-1-2-7-8(10(13)11(14)15)3-4-16-9(7)5-6/h1-2,5,8,10H,3-4,13H2,(H,14,15). The topological polar surface area (TPSA) is 72.6 Å². The Kier molecular flexibility index (Phi) is 3.03. The quantitative estimate of drug-likeness (QED) is 0.825. The fourth-order valence-electron chi connectivity index (χ4n) is 1.94. The summed E-state index contributed by atoms with van der Waals surface area (Å²) in [5.41, 5.74) is 6.48. The van der Waals surface area contributed by atoms with E-state index in [0.717, 1.165) is 5.56 Å². The number of fused-ring (bicyclic) bond motifs is 1. The third kappa shape index (κ3) is 1.99. The molecule has 16 heavy (non-hydrogen) atoms. The summed E-state index contributed by atoms with van der Waals surface area (Å²) >= 11 is 5.84. The fraction of sp³-hybridized carbons (Fsp3) is 0.364. The van der Waals surface area contributed by atoms with Crippen molar-refractivity contribution in [1.29, 1.82) is 0 Å². The monoisotopic (exact) mass is 241 g/mol. The zero-order valence-electron chi connectivity index (χ0n) is 8.52. The van der Waals surface area contributed by atoms with Gasteiger partial charge in [-0.3, -0.25) is 4.79 Å². The lowest BCUT2D eigenvalue weighted by molar-refractivity contribution is -0.139. The van der Waals surface area contributed by atoms with Gasteiger partial charge >= 0.3 is 5.97 Å². The minimum atomic E-state index is -0.993. The van der Waals surface area contributed by atoms with Crippen molar-refractivity contribution in [3.8, 4) is 5.75 Å². The Bertz CT molecular complexity index is 422. The molecule has 2 rings (SSSR count). The number of halogens is 1. The molecule has 0 aliphatic carbocycles. The molecule has 4 nitrogen and oxygen atoms in total. The van der Waals surface area contributed by atoms with Crippen LogP contribution in [0.2, 0.25) is 5.02 Å². The molecule has 1 aliphatic rings. The lowest BCUT2D eigenvalue weighted by Gasteiger charge is -2.28. The van der Waals surface area contributed by atoms with Crippen molar-refractivity contribution in [3.63, 3.8) is 0 Å². The molecule has 3 N–H and O–H groups in total. The maximum Gasteiger partial charge on any atom is 0.321 e. The van der Waals surface area contributed by atoms with E-state index in [1.54, 1.807) is 18.2 Å². The van der Waals surface area contributed by atoms with Crippen molar-refractivity contribution in [3.05, 3.63) is 28.8 Å². The van der Waals surface area contributed by atoms with Gasteiger partial charge in [-0.2, -0.15) is 0 Å². The number of ether oxygens (including phenoxy) is 1. The number of rotatable bonds is 2. The van der Waals surface area contributed by atoms with E-state index in [1.165, 1.54) is 0 Å². The van der Waals surface area contributed by atoms with Crippen LogP contribution in [-0.2, 0) is 4.79 Å². The summed E-state index contributed by atoms with van der Waals surface area (Å²) in [6.07, 6.45) is 0.613. The van der Waals surface area contributed by atoms with E-state index in [-0.39, 0.29) is 5.92 Å². The lowest BCUT2D eigenvalue weighted by atomic mass is 9.87. The van der Waals surface area contributed by atoms with Gasteiger partial charge in [-0.25, -0.2) is 0 Å². The van der Waals surface area contributed by atoms with Gasteiger partial charge in [0.25, 0.3) is 0 Å². The van der Waals surface area contributed by atoms with Gasteiger partial charge in [-0.15, -0.1) is 0 Å². The lowest BCUT2D eigenvalue weighted by Crippen LogP contribution is -2.38. The van der Waals surface area contributed by atoms with Crippen molar-refractivity contribution in [1.82, 2.24) is 0 Å². The highest BCUT2D eigenvalue weighted by Crippen LogP contribution is 2.36. The number of carboxylic acid groups (broad SMARTS) is 1. The summed E-state index contributed by atoms with van der Waals surface area (Å²) in [4.78, 5) is 10.9. The van der Waals surface area contributed by atoms with Crippen LogP contribution in [0.25, 0.3) is 0 Å². The summed E-state index contributed by atoms with van der Waals surface area (Å²) in [6, 6.07) is 4.29. The molecule has 0 bridgehead atoms. The zero-order valence-corrected chi connectivity index (χ0v) is 9.28. The van der Waals surface area contributed by atoms with Gasteiger partial charge in [0.05, 0.1) is 6.61 Å². The average Bonchev–Trinajstić information content (AvgIpc) is 2.26. The van der Waals surface area contributed by atoms with E-state index < -0.39 is 12.0 Å². The van der Waals surface area contributed by atoms with Gasteiger partial charge in [-0.1, -0.05) is 17.7 Å². The van der Waals surface area contributed by atoms with Gasteiger partial charge < -0.3 is 15.6 Å². The Morgan fingerprint density at radius 3 is 3.06 bits per heavy atom. The number of carbonyl (C=O) groups is 1. The van der Waals surface area contributed by atoms with Crippen LogP contribution in [0.1, 0.15) is 17.9 Å². The molecule has 1 heterocycles. The smallest absolute Gasteiger partial charge is 0.321 e. The van der Waals surface area contributed by atoms with Crippen molar-refractivity contribution >= 4 is 17.6 Å². The number of nitrogens with two attached hydrogens (primary N) is 1. The van der Waals surface area contributed by atoms with Crippen LogP contribution < -0.4 is 10.5 Å². The second kappa shape index (κ2) is 4.31. The number of aliphatic carboxylic acids is 1. The molecule has 0 saturated heterocycles. The summed E-state index contributed by atoms with van der Waals surface area (Å²) in [5, 5.41) is 9.50. The van der Waals surface area contributed by atoms with E-state index >= 15 is 0 Å². The van der Waals surface area contributed by atoms with Gasteiger partial charge in [0.15, 0.2) is 0 Å². The van der Waals surface area contributed by atoms with Gasteiger partial charge in [0.2, 0.25) is 0 Å².